The van der Waals surface area contributed by atoms with Crippen molar-refractivity contribution in [1.29, 1.82) is 0 Å². The number of rotatable bonds is 78. The minimum atomic E-state index is -4.97. The summed E-state index contributed by atoms with van der Waals surface area (Å²) >= 11 is 0. The molecule has 0 heterocycles. The van der Waals surface area contributed by atoms with Crippen LogP contribution in [0, 0.1) is 5.92 Å². The van der Waals surface area contributed by atoms with Gasteiger partial charge in [0.05, 0.1) is 26.4 Å². The Balaban J connectivity index is 5.29. The van der Waals surface area contributed by atoms with E-state index in [2.05, 4.69) is 58.9 Å². The molecule has 19 heteroatoms. The quantitative estimate of drug-likeness (QED) is 0.0169. The van der Waals surface area contributed by atoms with Gasteiger partial charge in [0, 0.05) is 25.7 Å². The zero-order valence-electron chi connectivity index (χ0n) is 64.1. The van der Waals surface area contributed by atoms with Crippen molar-refractivity contribution >= 4 is 39.5 Å². The molecule has 0 saturated heterocycles. The first-order valence-corrected chi connectivity index (χ1v) is 43.9. The second-order valence-electron chi connectivity index (χ2n) is 28.6. The molecule has 584 valence electrons. The van der Waals surface area contributed by atoms with Gasteiger partial charge in [-0.3, -0.25) is 37.3 Å². The summed E-state index contributed by atoms with van der Waals surface area (Å²) in [6.07, 6.45) is 65.9. The molecule has 0 aliphatic rings. The predicted octanol–water partition coefficient (Wildman–Crippen LogP) is 23.6. The molecule has 0 spiro atoms. The van der Waals surface area contributed by atoms with Gasteiger partial charge in [-0.05, 0) is 57.3 Å². The van der Waals surface area contributed by atoms with E-state index in [0.717, 1.165) is 115 Å². The highest BCUT2D eigenvalue weighted by atomic mass is 31.2. The number of allylic oxidation sites excluding steroid dienone is 4. The first-order valence-electron chi connectivity index (χ1n) is 41.0. The van der Waals surface area contributed by atoms with E-state index in [9.17, 15) is 43.2 Å². The van der Waals surface area contributed by atoms with Crippen LogP contribution in [0.15, 0.2) is 24.3 Å². The Kier molecular flexibility index (Phi) is 70.7. The van der Waals surface area contributed by atoms with Gasteiger partial charge in [0.15, 0.2) is 12.2 Å². The molecule has 0 bridgehead atoms. The van der Waals surface area contributed by atoms with Crippen LogP contribution in [0.5, 0.6) is 0 Å². The highest BCUT2D eigenvalue weighted by Gasteiger charge is 2.30. The fraction of sp³-hybridized carbons (Fsp3) is 0.900. The Morgan fingerprint density at radius 1 is 0.313 bits per heavy atom. The fourth-order valence-electron chi connectivity index (χ4n) is 11.9. The zero-order valence-corrected chi connectivity index (χ0v) is 65.9. The molecule has 0 fully saturated rings. The van der Waals surface area contributed by atoms with Crippen LogP contribution in [-0.4, -0.2) is 96.7 Å². The number of hydrogen-bond donors (Lipinski definition) is 3. The highest BCUT2D eigenvalue weighted by molar-refractivity contribution is 7.47. The van der Waals surface area contributed by atoms with Crippen LogP contribution < -0.4 is 0 Å². The third-order valence-electron chi connectivity index (χ3n) is 18.2. The van der Waals surface area contributed by atoms with Crippen molar-refractivity contribution in [3.05, 3.63) is 24.3 Å². The highest BCUT2D eigenvalue weighted by Crippen LogP contribution is 2.45. The first-order chi connectivity index (χ1) is 48.0. The molecule has 2 unspecified atom stereocenters. The van der Waals surface area contributed by atoms with Crippen molar-refractivity contribution < 1.29 is 80.2 Å². The number of aliphatic hydroxyl groups excluding tert-OH is 1. The van der Waals surface area contributed by atoms with E-state index in [1.165, 1.54) is 205 Å². The largest absolute Gasteiger partial charge is 0.472 e. The van der Waals surface area contributed by atoms with Crippen molar-refractivity contribution in [3.63, 3.8) is 0 Å². The standard InChI is InChI=1S/C80H152O17P2/c1-6-9-12-15-18-21-24-27-29-30-31-33-36-39-45-50-55-60-65-79(84)96-75(69-91-78(83)64-59-54-49-44-38-35-32-28-25-22-19-16-13-10-7-2)71-94-98(86,87)92-67-74(81)68-93-99(88,89)95-72-76(97-80(85)66-61-56-51-46-41-40-42-47-52-57-62-73(4)5)70-90-77(82)63-58-53-48-43-37-34-26-23-20-17-14-11-8-3/h22,25,28,32,73-76,81H,6-21,23-24,26-27,29-31,33-72H2,1-5H3,(H,86,87)(H,88,89)/b25-22-,32-28-/t74-,75-,76-/m1/s1. The lowest BCUT2D eigenvalue weighted by Gasteiger charge is -2.21. The van der Waals surface area contributed by atoms with E-state index in [1.54, 1.807) is 0 Å². The Morgan fingerprint density at radius 2 is 0.545 bits per heavy atom. The van der Waals surface area contributed by atoms with Crippen LogP contribution in [0.4, 0.5) is 0 Å². The summed E-state index contributed by atoms with van der Waals surface area (Å²) in [5.74, 6) is -1.39. The maximum absolute atomic E-state index is 13.1. The molecular formula is C80H152O17P2. The van der Waals surface area contributed by atoms with Crippen molar-refractivity contribution in [2.24, 2.45) is 5.92 Å². The second-order valence-corrected chi connectivity index (χ2v) is 31.5. The Hall–Kier alpha value is -2.46. The molecule has 0 amide bonds. The summed E-state index contributed by atoms with van der Waals surface area (Å²) in [7, 11) is -9.93. The van der Waals surface area contributed by atoms with Gasteiger partial charge in [-0.2, -0.15) is 0 Å². The molecule has 0 saturated carbocycles. The average Bonchev–Trinajstić information content (AvgIpc) is 1.18. The molecule has 5 atom stereocenters. The number of carbonyl (C=O) groups excluding carboxylic acids is 4. The summed E-state index contributed by atoms with van der Waals surface area (Å²) in [5.41, 5.74) is 0. The van der Waals surface area contributed by atoms with Crippen molar-refractivity contribution in [2.45, 2.75) is 419 Å². The van der Waals surface area contributed by atoms with Crippen LogP contribution >= 0.6 is 15.6 Å². The molecule has 99 heavy (non-hydrogen) atoms. The van der Waals surface area contributed by atoms with E-state index >= 15 is 0 Å². The molecule has 3 N–H and O–H groups in total. The molecule has 0 aliphatic heterocycles. The summed E-state index contributed by atoms with van der Waals surface area (Å²) < 4.78 is 68.7. The Bertz CT molecular complexity index is 1990. The summed E-state index contributed by atoms with van der Waals surface area (Å²) in [5, 5.41) is 10.6. The molecule has 0 aromatic heterocycles. The first kappa shape index (κ1) is 96.5. The van der Waals surface area contributed by atoms with Crippen LogP contribution in [0.25, 0.3) is 0 Å². The van der Waals surface area contributed by atoms with Crippen molar-refractivity contribution in [3.8, 4) is 0 Å². The van der Waals surface area contributed by atoms with Gasteiger partial charge in [0.2, 0.25) is 0 Å². The monoisotopic (exact) mass is 1450 g/mol. The zero-order chi connectivity index (χ0) is 72.7. The van der Waals surface area contributed by atoms with Gasteiger partial charge >= 0.3 is 39.5 Å². The average molecular weight is 1450 g/mol. The summed E-state index contributed by atoms with van der Waals surface area (Å²) in [6, 6.07) is 0. The van der Waals surface area contributed by atoms with Crippen LogP contribution in [-0.2, 0) is 65.4 Å². The van der Waals surface area contributed by atoms with Gasteiger partial charge in [-0.25, -0.2) is 9.13 Å². The fourth-order valence-corrected chi connectivity index (χ4v) is 13.4. The minimum absolute atomic E-state index is 0.102. The van der Waals surface area contributed by atoms with Gasteiger partial charge in [-0.15, -0.1) is 0 Å². The predicted molar refractivity (Wildman–Crippen MR) is 404 cm³/mol. The number of unbranched alkanes of at least 4 members (excludes halogenated alkanes) is 47. The van der Waals surface area contributed by atoms with Gasteiger partial charge in [0.25, 0.3) is 0 Å². The maximum Gasteiger partial charge on any atom is 0.472 e. The number of aliphatic hydroxyl groups is 1. The summed E-state index contributed by atoms with van der Waals surface area (Å²) in [6.45, 7) is 7.25. The minimum Gasteiger partial charge on any atom is -0.462 e. The normalized spacial score (nSPS) is 14.0. The van der Waals surface area contributed by atoms with E-state index in [-0.39, 0.29) is 25.7 Å². The SMILES string of the molecule is CCCCCC/C=C\C=C/CCCCCCCC(=O)OC[C@H](COP(=O)(O)OC[C@@H](O)COP(=O)(O)OC[C@@H](COC(=O)CCCCCCCCCCCCCCC)OC(=O)CCCCCCCCCCCCC(C)C)OC(=O)CCCCCCCCCCCCCCCCCCCC. The van der Waals surface area contributed by atoms with Gasteiger partial charge < -0.3 is 33.8 Å². The van der Waals surface area contributed by atoms with Crippen LogP contribution in [0.3, 0.4) is 0 Å². The van der Waals surface area contributed by atoms with Gasteiger partial charge in [-0.1, -0.05) is 348 Å². The van der Waals surface area contributed by atoms with Gasteiger partial charge in [0.1, 0.15) is 19.3 Å². The second kappa shape index (κ2) is 72.5. The van der Waals surface area contributed by atoms with E-state index in [0.29, 0.717) is 25.7 Å². The number of carbonyl (C=O) groups is 4. The number of phosphoric ester groups is 2. The lowest BCUT2D eigenvalue weighted by atomic mass is 10.0. The topological polar surface area (TPSA) is 237 Å². The summed E-state index contributed by atoms with van der Waals surface area (Å²) in [4.78, 5) is 73.0. The molecule has 0 radical (unpaired) electrons. The smallest absolute Gasteiger partial charge is 0.462 e. The molecule has 0 rings (SSSR count). The molecule has 0 aliphatic carbocycles. The number of ether oxygens (including phenoxy) is 4. The Morgan fingerprint density at radius 3 is 0.828 bits per heavy atom. The van der Waals surface area contributed by atoms with Crippen LogP contribution in [0.1, 0.15) is 401 Å². The van der Waals surface area contributed by atoms with Crippen molar-refractivity contribution in [1.82, 2.24) is 0 Å². The molecule has 0 aromatic carbocycles. The molecular weight excluding hydrogens is 1290 g/mol. The van der Waals surface area contributed by atoms with E-state index in [4.69, 9.17) is 37.0 Å². The number of hydrogen-bond acceptors (Lipinski definition) is 15. The van der Waals surface area contributed by atoms with E-state index < -0.39 is 97.5 Å². The Labute approximate surface area is 605 Å². The lowest BCUT2D eigenvalue weighted by Crippen LogP contribution is -2.30. The lowest BCUT2D eigenvalue weighted by molar-refractivity contribution is -0.161. The van der Waals surface area contributed by atoms with Crippen molar-refractivity contribution in [2.75, 3.05) is 39.6 Å². The number of phosphoric acid groups is 2. The maximum atomic E-state index is 13.1. The molecule has 0 aromatic rings. The third-order valence-corrected chi connectivity index (χ3v) is 20.1. The third kappa shape index (κ3) is 73.6. The van der Waals surface area contributed by atoms with E-state index in [1.807, 2.05) is 0 Å². The molecule has 17 nitrogen and oxygen atoms in total. The number of esters is 4. The van der Waals surface area contributed by atoms with Crippen LogP contribution in [0.2, 0.25) is 0 Å².